The Morgan fingerprint density at radius 2 is 1.68 bits per heavy atom. The first-order chi connectivity index (χ1) is 14.6. The molecule has 1 atom stereocenters. The number of hydrogen-bond acceptors (Lipinski definition) is 4. The summed E-state index contributed by atoms with van der Waals surface area (Å²) >= 11 is 6.07. The van der Waals surface area contributed by atoms with Crippen LogP contribution >= 0.6 is 11.6 Å². The molecule has 162 valence electrons. The van der Waals surface area contributed by atoms with Gasteiger partial charge in [0, 0.05) is 23.1 Å². The highest BCUT2D eigenvalue weighted by Crippen LogP contribution is 2.28. The maximum atomic E-state index is 12.9. The van der Waals surface area contributed by atoms with E-state index in [2.05, 4.69) is 10.3 Å². The average Bonchev–Trinajstić information content (AvgIpc) is 2.72. The molecule has 1 heterocycles. The van der Waals surface area contributed by atoms with Gasteiger partial charge in [0.2, 0.25) is 15.9 Å². The Balaban J connectivity index is 1.77. The molecule has 8 heteroatoms. The minimum atomic E-state index is -3.73. The van der Waals surface area contributed by atoms with Crippen molar-refractivity contribution in [2.45, 2.75) is 26.3 Å². The van der Waals surface area contributed by atoms with E-state index in [0.29, 0.717) is 22.0 Å². The summed E-state index contributed by atoms with van der Waals surface area (Å²) in [6.45, 7) is 3.32. The lowest BCUT2D eigenvalue weighted by atomic mass is 10.1. The second kappa shape index (κ2) is 9.49. The number of amides is 1. The number of aryl methyl sites for hydroxylation is 1. The lowest BCUT2D eigenvalue weighted by molar-refractivity contribution is -0.116. The van der Waals surface area contributed by atoms with Crippen LogP contribution in [0.2, 0.25) is 5.02 Å². The number of carbonyl (C=O) groups excluding carboxylic acids is 1. The summed E-state index contributed by atoms with van der Waals surface area (Å²) in [5.74, 6) is -0.438. The Morgan fingerprint density at radius 3 is 2.29 bits per heavy atom. The summed E-state index contributed by atoms with van der Waals surface area (Å²) in [5.41, 5.74) is 3.90. The molecule has 3 rings (SSSR count). The van der Waals surface area contributed by atoms with Crippen LogP contribution in [-0.2, 0) is 21.2 Å². The van der Waals surface area contributed by atoms with E-state index in [0.717, 1.165) is 28.1 Å². The SMILES string of the molecule is Cc1ccc(Cl)cc1N(C(C)C(=O)Nc1ccc(Cc2ccncc2)cc1)S(C)(=O)=O. The molecule has 1 unspecified atom stereocenters. The summed E-state index contributed by atoms with van der Waals surface area (Å²) in [5, 5.41) is 3.20. The van der Waals surface area contributed by atoms with Crippen LogP contribution in [0.4, 0.5) is 11.4 Å². The monoisotopic (exact) mass is 457 g/mol. The van der Waals surface area contributed by atoms with Crippen molar-refractivity contribution in [1.29, 1.82) is 0 Å². The Hall–Kier alpha value is -2.90. The topological polar surface area (TPSA) is 79.4 Å². The summed E-state index contributed by atoms with van der Waals surface area (Å²) in [6.07, 6.45) is 5.33. The number of nitrogens with zero attached hydrogens (tertiary/aromatic N) is 2. The smallest absolute Gasteiger partial charge is 0.247 e. The minimum Gasteiger partial charge on any atom is -0.324 e. The molecular formula is C23H24ClN3O3S. The first-order valence-corrected chi connectivity index (χ1v) is 11.9. The van der Waals surface area contributed by atoms with Gasteiger partial charge in [-0.15, -0.1) is 0 Å². The van der Waals surface area contributed by atoms with E-state index < -0.39 is 22.0 Å². The van der Waals surface area contributed by atoms with E-state index in [-0.39, 0.29) is 0 Å². The summed E-state index contributed by atoms with van der Waals surface area (Å²) in [4.78, 5) is 16.9. The van der Waals surface area contributed by atoms with Crippen LogP contribution in [0, 0.1) is 6.92 Å². The number of nitrogens with one attached hydrogen (secondary N) is 1. The van der Waals surface area contributed by atoms with E-state index in [1.807, 2.05) is 24.3 Å². The van der Waals surface area contributed by atoms with Crippen LogP contribution in [0.15, 0.2) is 67.0 Å². The predicted octanol–water partition coefficient (Wildman–Crippen LogP) is 4.43. The van der Waals surface area contributed by atoms with Gasteiger partial charge in [-0.25, -0.2) is 8.42 Å². The highest BCUT2D eigenvalue weighted by Gasteiger charge is 2.30. The number of hydrogen-bond donors (Lipinski definition) is 1. The number of aromatic nitrogens is 1. The largest absolute Gasteiger partial charge is 0.324 e. The Morgan fingerprint density at radius 1 is 1.06 bits per heavy atom. The Bertz CT molecular complexity index is 1170. The van der Waals surface area contributed by atoms with E-state index in [1.165, 1.54) is 0 Å². The van der Waals surface area contributed by atoms with E-state index in [1.54, 1.807) is 56.6 Å². The number of rotatable bonds is 7. The van der Waals surface area contributed by atoms with Gasteiger partial charge in [0.1, 0.15) is 6.04 Å². The van der Waals surface area contributed by atoms with Crippen molar-refractivity contribution in [2.75, 3.05) is 15.9 Å². The molecule has 1 N–H and O–H groups in total. The maximum Gasteiger partial charge on any atom is 0.247 e. The molecule has 0 bridgehead atoms. The van der Waals surface area contributed by atoms with E-state index in [9.17, 15) is 13.2 Å². The van der Waals surface area contributed by atoms with Gasteiger partial charge in [-0.05, 0) is 73.4 Å². The molecule has 0 saturated heterocycles. The number of carbonyl (C=O) groups is 1. The summed E-state index contributed by atoms with van der Waals surface area (Å²) < 4.78 is 26.1. The van der Waals surface area contributed by atoms with Crippen LogP contribution in [0.5, 0.6) is 0 Å². The van der Waals surface area contributed by atoms with Gasteiger partial charge in [-0.1, -0.05) is 29.8 Å². The zero-order valence-electron chi connectivity index (χ0n) is 17.5. The molecule has 2 aromatic carbocycles. The molecule has 0 aliphatic carbocycles. The molecule has 1 amide bonds. The molecule has 31 heavy (non-hydrogen) atoms. The highest BCUT2D eigenvalue weighted by molar-refractivity contribution is 7.92. The fourth-order valence-corrected chi connectivity index (χ4v) is 4.68. The molecule has 0 fully saturated rings. The van der Waals surface area contributed by atoms with Gasteiger partial charge < -0.3 is 5.32 Å². The highest BCUT2D eigenvalue weighted by atomic mass is 35.5. The first kappa shape index (κ1) is 22.8. The third kappa shape index (κ3) is 5.83. The fraction of sp³-hybridized carbons (Fsp3) is 0.217. The average molecular weight is 458 g/mol. The van der Waals surface area contributed by atoms with Crippen molar-refractivity contribution in [3.05, 3.63) is 88.7 Å². The van der Waals surface area contributed by atoms with Crippen LogP contribution in [0.3, 0.4) is 0 Å². The van der Waals surface area contributed by atoms with Gasteiger partial charge in [0.25, 0.3) is 0 Å². The fourth-order valence-electron chi connectivity index (χ4n) is 3.29. The Kier molecular flexibility index (Phi) is 6.97. The third-order valence-electron chi connectivity index (χ3n) is 4.88. The number of halogens is 1. The van der Waals surface area contributed by atoms with Crippen molar-refractivity contribution in [1.82, 2.24) is 4.98 Å². The van der Waals surface area contributed by atoms with Crippen LogP contribution in [-0.4, -0.2) is 31.6 Å². The third-order valence-corrected chi connectivity index (χ3v) is 6.34. The number of sulfonamides is 1. The second-order valence-corrected chi connectivity index (χ2v) is 9.68. The van der Waals surface area contributed by atoms with Crippen molar-refractivity contribution in [3.8, 4) is 0 Å². The standard InChI is InChI=1S/C23H24ClN3O3S/c1-16-4-7-20(24)15-22(16)27(31(3,29)30)17(2)23(28)26-21-8-5-18(6-9-21)14-19-10-12-25-13-11-19/h4-13,15,17H,14H2,1-3H3,(H,26,28). The van der Waals surface area contributed by atoms with E-state index in [4.69, 9.17) is 11.6 Å². The summed E-state index contributed by atoms with van der Waals surface area (Å²) in [6, 6.07) is 15.4. The number of benzene rings is 2. The molecule has 0 saturated carbocycles. The van der Waals surface area contributed by atoms with Crippen LogP contribution in [0.1, 0.15) is 23.6 Å². The molecule has 0 spiro atoms. The molecule has 1 aromatic heterocycles. The van der Waals surface area contributed by atoms with E-state index >= 15 is 0 Å². The maximum absolute atomic E-state index is 12.9. The predicted molar refractivity (Wildman–Crippen MR) is 125 cm³/mol. The number of pyridine rings is 1. The van der Waals surface area contributed by atoms with Gasteiger partial charge in [0.15, 0.2) is 0 Å². The molecular weight excluding hydrogens is 434 g/mol. The van der Waals surface area contributed by atoms with Gasteiger partial charge in [0.05, 0.1) is 11.9 Å². The zero-order valence-corrected chi connectivity index (χ0v) is 19.1. The molecule has 0 aliphatic rings. The van der Waals surface area contributed by atoms with Crippen LogP contribution < -0.4 is 9.62 Å². The molecule has 0 radical (unpaired) electrons. The quantitative estimate of drug-likeness (QED) is 0.569. The lowest BCUT2D eigenvalue weighted by Gasteiger charge is -2.29. The number of anilines is 2. The molecule has 6 nitrogen and oxygen atoms in total. The van der Waals surface area contributed by atoms with Crippen LogP contribution in [0.25, 0.3) is 0 Å². The summed E-state index contributed by atoms with van der Waals surface area (Å²) in [7, 11) is -3.73. The first-order valence-electron chi connectivity index (χ1n) is 9.69. The second-order valence-electron chi connectivity index (χ2n) is 7.38. The van der Waals surface area contributed by atoms with Crippen molar-refractivity contribution < 1.29 is 13.2 Å². The minimum absolute atomic E-state index is 0.380. The van der Waals surface area contributed by atoms with Gasteiger partial charge in [-0.2, -0.15) is 0 Å². The van der Waals surface area contributed by atoms with Crippen molar-refractivity contribution in [2.24, 2.45) is 0 Å². The normalized spacial score (nSPS) is 12.3. The molecule has 3 aromatic rings. The van der Waals surface area contributed by atoms with Crippen molar-refractivity contribution in [3.63, 3.8) is 0 Å². The zero-order chi connectivity index (χ0) is 22.6. The molecule has 0 aliphatic heterocycles. The lowest BCUT2D eigenvalue weighted by Crippen LogP contribution is -2.45. The Labute approximate surface area is 187 Å². The van der Waals surface area contributed by atoms with Gasteiger partial charge in [-0.3, -0.25) is 14.1 Å². The van der Waals surface area contributed by atoms with Gasteiger partial charge >= 0.3 is 0 Å². The van der Waals surface area contributed by atoms with Crippen molar-refractivity contribution >= 4 is 38.9 Å².